The summed E-state index contributed by atoms with van der Waals surface area (Å²) < 4.78 is 5.20. The lowest BCUT2D eigenvalue weighted by atomic mass is 9.89. The molecule has 0 amide bonds. The average Bonchev–Trinajstić information content (AvgIpc) is 2.23. The Hall–Kier alpha value is -0.0400. The van der Waals surface area contributed by atoms with Crippen LogP contribution in [0.1, 0.15) is 47.0 Å². The molecule has 1 heterocycles. The highest BCUT2D eigenvalue weighted by Gasteiger charge is 2.32. The zero-order chi connectivity index (χ0) is 13.6. The molecule has 1 rings (SSSR count). The molecule has 3 N–H and O–H groups in total. The van der Waals surface area contributed by atoms with Gasteiger partial charge in [0.25, 0.3) is 0 Å². The summed E-state index contributed by atoms with van der Waals surface area (Å²) in [6, 6.07) is 0.401. The van der Waals surface area contributed by atoms with Crippen LogP contribution in [0.4, 0.5) is 0 Å². The van der Waals surface area contributed by atoms with E-state index in [1.807, 2.05) is 0 Å². The molecule has 0 spiro atoms. The largest absolute Gasteiger partial charge is 0.380 e. The highest BCUT2D eigenvalue weighted by atomic mass is 127. The summed E-state index contributed by atoms with van der Waals surface area (Å²) in [5.41, 5.74) is 6.09. The Morgan fingerprint density at radius 2 is 1.95 bits per heavy atom. The lowest BCUT2D eigenvalue weighted by Crippen LogP contribution is -2.44. The molecule has 0 saturated carbocycles. The van der Waals surface area contributed by atoms with E-state index < -0.39 is 0 Å². The Bertz CT molecular complexity index is 278. The first-order valence-electron chi connectivity index (χ1n) is 7.05. The number of nitrogens with one attached hydrogen (secondary N) is 1. The number of nitrogens with two attached hydrogens (primary N) is 1. The molecule has 1 aliphatic heterocycles. The summed E-state index contributed by atoms with van der Waals surface area (Å²) in [7, 11) is 0. The van der Waals surface area contributed by atoms with Gasteiger partial charge >= 0.3 is 0 Å². The number of halogens is 1. The molecule has 1 aliphatic rings. The molecule has 0 bridgehead atoms. The molecular formula is C14H30IN3O. The molecule has 4 nitrogen and oxygen atoms in total. The van der Waals surface area contributed by atoms with Crippen LogP contribution in [0.3, 0.4) is 0 Å². The maximum atomic E-state index is 5.89. The highest BCUT2D eigenvalue weighted by Crippen LogP contribution is 2.26. The average molecular weight is 383 g/mol. The lowest BCUT2D eigenvalue weighted by molar-refractivity contribution is -0.0945. The van der Waals surface area contributed by atoms with Gasteiger partial charge in [-0.2, -0.15) is 0 Å². The summed E-state index contributed by atoms with van der Waals surface area (Å²) in [5, 5.41) is 3.26. The van der Waals surface area contributed by atoms with Crippen molar-refractivity contribution in [2.45, 2.75) is 53.0 Å². The second-order valence-electron chi connectivity index (χ2n) is 6.38. The van der Waals surface area contributed by atoms with Gasteiger partial charge in [0.1, 0.15) is 0 Å². The van der Waals surface area contributed by atoms with Crippen molar-refractivity contribution in [2.75, 3.05) is 19.8 Å². The van der Waals surface area contributed by atoms with Crippen molar-refractivity contribution in [2.24, 2.45) is 22.1 Å². The Morgan fingerprint density at radius 3 is 2.42 bits per heavy atom. The van der Waals surface area contributed by atoms with Crippen LogP contribution in [0.15, 0.2) is 4.99 Å². The molecular weight excluding hydrogens is 353 g/mol. The van der Waals surface area contributed by atoms with E-state index in [0.717, 1.165) is 32.1 Å². The standard InChI is InChI=1S/C14H29N3O.HI/c1-11(2)6-5-7-12(3)17-13(15)16-8-14(4)9-18-10-14;/h11-12H,5-10H2,1-4H3,(H3,15,16,17);1H. The number of ether oxygens (including phenoxy) is 1. The molecule has 1 unspecified atom stereocenters. The van der Waals surface area contributed by atoms with E-state index in [9.17, 15) is 0 Å². The number of nitrogens with zero attached hydrogens (tertiary/aromatic N) is 1. The molecule has 0 aliphatic carbocycles. The van der Waals surface area contributed by atoms with Gasteiger partial charge in [-0.15, -0.1) is 24.0 Å². The van der Waals surface area contributed by atoms with E-state index in [0.29, 0.717) is 12.0 Å². The van der Waals surface area contributed by atoms with Crippen molar-refractivity contribution in [3.05, 3.63) is 0 Å². The van der Waals surface area contributed by atoms with Crippen LogP contribution in [0, 0.1) is 11.3 Å². The summed E-state index contributed by atoms with van der Waals surface area (Å²) in [6.45, 7) is 11.2. The molecule has 1 atom stereocenters. The summed E-state index contributed by atoms with van der Waals surface area (Å²) in [5.74, 6) is 1.35. The first-order valence-corrected chi connectivity index (χ1v) is 7.05. The summed E-state index contributed by atoms with van der Waals surface area (Å²) in [4.78, 5) is 4.40. The Balaban J connectivity index is 0.00000324. The molecule has 0 radical (unpaired) electrons. The van der Waals surface area contributed by atoms with Crippen LogP contribution in [0.2, 0.25) is 0 Å². The van der Waals surface area contributed by atoms with Crippen molar-refractivity contribution >= 4 is 29.9 Å². The van der Waals surface area contributed by atoms with E-state index in [1.165, 1.54) is 12.8 Å². The fourth-order valence-corrected chi connectivity index (χ4v) is 2.02. The second kappa shape index (κ2) is 9.00. The van der Waals surface area contributed by atoms with E-state index in [2.05, 4.69) is 38.0 Å². The van der Waals surface area contributed by atoms with E-state index in [4.69, 9.17) is 10.5 Å². The predicted molar refractivity (Wildman–Crippen MR) is 92.1 cm³/mol. The third kappa shape index (κ3) is 7.97. The minimum atomic E-state index is 0. The smallest absolute Gasteiger partial charge is 0.188 e. The van der Waals surface area contributed by atoms with Crippen LogP contribution in [-0.2, 0) is 4.74 Å². The van der Waals surface area contributed by atoms with E-state index in [1.54, 1.807) is 0 Å². The molecule has 1 saturated heterocycles. The van der Waals surface area contributed by atoms with Gasteiger partial charge in [-0.25, -0.2) is 0 Å². The van der Waals surface area contributed by atoms with Gasteiger partial charge < -0.3 is 15.8 Å². The monoisotopic (exact) mass is 383 g/mol. The van der Waals surface area contributed by atoms with Crippen molar-refractivity contribution in [1.29, 1.82) is 0 Å². The van der Waals surface area contributed by atoms with Crippen molar-refractivity contribution < 1.29 is 4.74 Å². The van der Waals surface area contributed by atoms with Crippen LogP contribution in [0.5, 0.6) is 0 Å². The van der Waals surface area contributed by atoms with Gasteiger partial charge in [-0.05, 0) is 19.3 Å². The summed E-state index contributed by atoms with van der Waals surface area (Å²) >= 11 is 0. The first kappa shape index (κ1) is 19.0. The predicted octanol–water partition coefficient (Wildman–Crippen LogP) is 2.76. The first-order chi connectivity index (χ1) is 8.41. The minimum Gasteiger partial charge on any atom is -0.380 e. The fraction of sp³-hybridized carbons (Fsp3) is 0.929. The number of hydrogen-bond donors (Lipinski definition) is 2. The maximum absolute atomic E-state index is 5.89. The van der Waals surface area contributed by atoms with Gasteiger partial charge in [-0.1, -0.05) is 33.6 Å². The number of guanidine groups is 1. The van der Waals surface area contributed by atoms with Crippen molar-refractivity contribution in [3.8, 4) is 0 Å². The molecule has 114 valence electrons. The maximum Gasteiger partial charge on any atom is 0.188 e. The van der Waals surface area contributed by atoms with Gasteiger partial charge in [-0.3, -0.25) is 4.99 Å². The zero-order valence-electron chi connectivity index (χ0n) is 12.7. The van der Waals surface area contributed by atoms with E-state index >= 15 is 0 Å². The van der Waals surface area contributed by atoms with Crippen LogP contribution in [-0.4, -0.2) is 31.8 Å². The van der Waals surface area contributed by atoms with Crippen LogP contribution < -0.4 is 11.1 Å². The SMILES string of the molecule is CC(C)CCCC(C)NC(N)=NCC1(C)COC1.I. The zero-order valence-corrected chi connectivity index (χ0v) is 15.1. The molecule has 5 heteroatoms. The van der Waals surface area contributed by atoms with Crippen molar-refractivity contribution in [1.82, 2.24) is 5.32 Å². The van der Waals surface area contributed by atoms with Crippen molar-refractivity contribution in [3.63, 3.8) is 0 Å². The number of rotatable bonds is 7. The molecule has 0 aromatic heterocycles. The number of aliphatic imine (C=N–C) groups is 1. The van der Waals surface area contributed by atoms with Gasteiger partial charge in [0.2, 0.25) is 0 Å². The molecule has 0 aromatic rings. The normalized spacial score (nSPS) is 19.5. The fourth-order valence-electron chi connectivity index (χ4n) is 2.02. The Kier molecular flexibility index (Phi) is 8.98. The topological polar surface area (TPSA) is 59.6 Å². The Labute approximate surface area is 135 Å². The summed E-state index contributed by atoms with van der Waals surface area (Å²) in [6.07, 6.45) is 3.66. The van der Waals surface area contributed by atoms with Crippen LogP contribution in [0.25, 0.3) is 0 Å². The van der Waals surface area contributed by atoms with Gasteiger partial charge in [0.05, 0.1) is 19.8 Å². The van der Waals surface area contributed by atoms with Gasteiger partial charge in [0, 0.05) is 11.5 Å². The van der Waals surface area contributed by atoms with E-state index in [-0.39, 0.29) is 29.4 Å². The third-order valence-corrected chi connectivity index (χ3v) is 3.35. The third-order valence-electron chi connectivity index (χ3n) is 3.35. The lowest BCUT2D eigenvalue weighted by Gasteiger charge is -2.36. The molecule has 0 aromatic carbocycles. The highest BCUT2D eigenvalue weighted by molar-refractivity contribution is 14.0. The molecule has 1 fully saturated rings. The molecule has 19 heavy (non-hydrogen) atoms. The minimum absolute atomic E-state index is 0. The number of hydrogen-bond acceptors (Lipinski definition) is 2. The van der Waals surface area contributed by atoms with Gasteiger partial charge in [0.15, 0.2) is 5.96 Å². The Morgan fingerprint density at radius 1 is 1.32 bits per heavy atom. The quantitative estimate of drug-likeness (QED) is 0.404. The second-order valence-corrected chi connectivity index (χ2v) is 6.38. The van der Waals surface area contributed by atoms with Crippen LogP contribution >= 0.6 is 24.0 Å².